The molecule has 0 aromatic heterocycles. The highest BCUT2D eigenvalue weighted by Gasteiger charge is 2.26. The lowest BCUT2D eigenvalue weighted by atomic mass is 10.1. The van der Waals surface area contributed by atoms with Crippen LogP contribution < -0.4 is 16.1 Å². The van der Waals surface area contributed by atoms with Crippen LogP contribution in [0, 0.1) is 0 Å². The van der Waals surface area contributed by atoms with Gasteiger partial charge in [0.15, 0.2) is 0 Å². The summed E-state index contributed by atoms with van der Waals surface area (Å²) in [4.78, 5) is 61.0. The highest BCUT2D eigenvalue weighted by atomic mass is 16.6. The van der Waals surface area contributed by atoms with Gasteiger partial charge in [0, 0.05) is 30.6 Å². The molecule has 2 rings (SSSR count). The van der Waals surface area contributed by atoms with Gasteiger partial charge >= 0.3 is 18.2 Å². The first-order valence-corrected chi connectivity index (χ1v) is 16.9. The van der Waals surface area contributed by atoms with Gasteiger partial charge in [0.2, 0.25) is 11.8 Å². The number of rotatable bonds is 16. The molecule has 0 spiro atoms. The maximum absolute atomic E-state index is 12.7. The molecule has 4 amide bonds. The number of aryl methyl sites for hydroxylation is 1. The first kappa shape index (κ1) is 40.6. The number of carbonyl (C=O) groups excluding carboxylic acids is 5. The molecular formula is C37H54N4O8. The third-order valence-corrected chi connectivity index (χ3v) is 6.97. The van der Waals surface area contributed by atoms with E-state index >= 15 is 0 Å². The van der Waals surface area contributed by atoms with E-state index in [0.29, 0.717) is 37.8 Å². The number of hydrogen-bond acceptors (Lipinski definition) is 8. The van der Waals surface area contributed by atoms with Crippen LogP contribution in [0.25, 0.3) is 0 Å². The Hall–Kier alpha value is -4.61. The van der Waals surface area contributed by atoms with Gasteiger partial charge in [-0.15, -0.1) is 0 Å². The van der Waals surface area contributed by atoms with Gasteiger partial charge in [0.1, 0.15) is 11.2 Å². The van der Waals surface area contributed by atoms with Crippen molar-refractivity contribution in [2.45, 2.75) is 117 Å². The van der Waals surface area contributed by atoms with E-state index in [1.54, 1.807) is 53.7 Å². The van der Waals surface area contributed by atoms with E-state index in [0.717, 1.165) is 53.9 Å². The predicted molar refractivity (Wildman–Crippen MR) is 189 cm³/mol. The lowest BCUT2D eigenvalue weighted by Crippen LogP contribution is -2.50. The number of carbonyl (C=O) groups is 5. The van der Waals surface area contributed by atoms with E-state index in [-0.39, 0.29) is 24.3 Å². The molecule has 2 aromatic rings. The minimum absolute atomic E-state index is 0.0385. The Morgan fingerprint density at radius 2 is 1.08 bits per heavy atom. The second-order valence-electron chi connectivity index (χ2n) is 13.8. The quantitative estimate of drug-likeness (QED) is 0.0721. The number of methoxy groups -OCH3 is 1. The fourth-order valence-corrected chi connectivity index (χ4v) is 4.58. The molecule has 49 heavy (non-hydrogen) atoms. The Morgan fingerprint density at radius 3 is 1.57 bits per heavy atom. The molecular weight excluding hydrogens is 628 g/mol. The molecule has 0 aliphatic heterocycles. The number of nitrogens with zero attached hydrogens (tertiary/aromatic N) is 1. The summed E-state index contributed by atoms with van der Waals surface area (Å²) >= 11 is 0. The van der Waals surface area contributed by atoms with E-state index < -0.39 is 23.4 Å². The Balaban J connectivity index is 1.74. The van der Waals surface area contributed by atoms with Crippen molar-refractivity contribution >= 4 is 41.3 Å². The Kier molecular flexibility index (Phi) is 16.6. The van der Waals surface area contributed by atoms with Crippen molar-refractivity contribution in [2.75, 3.05) is 24.3 Å². The number of esters is 1. The van der Waals surface area contributed by atoms with E-state index in [1.807, 2.05) is 36.4 Å². The fourth-order valence-electron chi connectivity index (χ4n) is 4.58. The number of benzene rings is 2. The summed E-state index contributed by atoms with van der Waals surface area (Å²) in [6.45, 7) is 10.6. The van der Waals surface area contributed by atoms with E-state index in [2.05, 4.69) is 20.8 Å². The molecule has 0 aliphatic carbocycles. The van der Waals surface area contributed by atoms with Gasteiger partial charge < -0.3 is 24.8 Å². The Bertz CT molecular complexity index is 1360. The van der Waals surface area contributed by atoms with Crippen LogP contribution in [0.15, 0.2) is 48.5 Å². The van der Waals surface area contributed by atoms with Crippen molar-refractivity contribution < 1.29 is 38.2 Å². The minimum atomic E-state index is -0.758. The summed E-state index contributed by atoms with van der Waals surface area (Å²) in [5, 5.41) is 6.92. The topological polar surface area (TPSA) is 152 Å². The molecule has 0 fully saturated rings. The largest absolute Gasteiger partial charge is 0.469 e. The van der Waals surface area contributed by atoms with Gasteiger partial charge in [0.05, 0.1) is 13.7 Å². The van der Waals surface area contributed by atoms with Gasteiger partial charge in [-0.25, -0.2) is 20.0 Å². The molecule has 0 radical (unpaired) electrons. The summed E-state index contributed by atoms with van der Waals surface area (Å²) in [6, 6.07) is 14.9. The maximum Gasteiger partial charge on any atom is 0.429 e. The zero-order chi connectivity index (χ0) is 36.5. The van der Waals surface area contributed by atoms with E-state index in [1.165, 1.54) is 7.11 Å². The summed E-state index contributed by atoms with van der Waals surface area (Å²) in [7, 11) is 1.38. The second kappa shape index (κ2) is 20.0. The average molecular weight is 683 g/mol. The van der Waals surface area contributed by atoms with Crippen LogP contribution in [0.2, 0.25) is 0 Å². The summed E-state index contributed by atoms with van der Waals surface area (Å²) in [6.07, 6.45) is 4.84. The smallest absolute Gasteiger partial charge is 0.429 e. The average Bonchev–Trinajstić information content (AvgIpc) is 3.00. The van der Waals surface area contributed by atoms with Crippen molar-refractivity contribution in [2.24, 2.45) is 0 Å². The van der Waals surface area contributed by atoms with Crippen LogP contribution in [0.4, 0.5) is 21.0 Å². The van der Waals surface area contributed by atoms with Crippen LogP contribution in [0.3, 0.4) is 0 Å². The lowest BCUT2D eigenvalue weighted by molar-refractivity contribution is -0.140. The lowest BCUT2D eigenvalue weighted by Gasteiger charge is -2.28. The molecule has 0 saturated carbocycles. The number of unbranched alkanes of at least 4 members (excludes halogenated alkanes) is 3. The molecule has 0 aliphatic rings. The third kappa shape index (κ3) is 18.5. The van der Waals surface area contributed by atoms with Gasteiger partial charge in [0.25, 0.3) is 0 Å². The molecule has 3 N–H and O–H groups in total. The van der Waals surface area contributed by atoms with Crippen LogP contribution in [0.1, 0.15) is 104 Å². The molecule has 0 bridgehead atoms. The first-order valence-electron chi connectivity index (χ1n) is 16.9. The third-order valence-electron chi connectivity index (χ3n) is 6.97. The molecule has 0 atom stereocenters. The molecule has 0 unspecified atom stereocenters. The van der Waals surface area contributed by atoms with Crippen LogP contribution in [0.5, 0.6) is 0 Å². The van der Waals surface area contributed by atoms with Crippen LogP contribution in [-0.2, 0) is 41.4 Å². The monoisotopic (exact) mass is 682 g/mol. The highest BCUT2D eigenvalue weighted by molar-refractivity contribution is 5.91. The van der Waals surface area contributed by atoms with Gasteiger partial charge in [-0.05, 0) is 109 Å². The number of amides is 4. The van der Waals surface area contributed by atoms with Gasteiger partial charge in [-0.3, -0.25) is 14.4 Å². The summed E-state index contributed by atoms with van der Waals surface area (Å²) < 4.78 is 15.3. The number of nitrogens with one attached hydrogen (secondary N) is 3. The molecule has 270 valence electrons. The Labute approximate surface area is 290 Å². The first-order chi connectivity index (χ1) is 23.0. The molecule has 0 heterocycles. The van der Waals surface area contributed by atoms with E-state index in [4.69, 9.17) is 9.47 Å². The molecule has 12 heteroatoms. The van der Waals surface area contributed by atoms with Crippen LogP contribution >= 0.6 is 0 Å². The second-order valence-corrected chi connectivity index (χ2v) is 13.8. The van der Waals surface area contributed by atoms with Crippen molar-refractivity contribution in [1.29, 1.82) is 0 Å². The maximum atomic E-state index is 12.7. The number of hydrogen-bond donors (Lipinski definition) is 3. The number of ether oxygens (including phenoxy) is 3. The highest BCUT2D eigenvalue weighted by Crippen LogP contribution is 2.16. The van der Waals surface area contributed by atoms with Crippen molar-refractivity contribution in [3.05, 3.63) is 59.7 Å². The van der Waals surface area contributed by atoms with E-state index in [9.17, 15) is 24.0 Å². The van der Waals surface area contributed by atoms with Gasteiger partial charge in [-0.2, -0.15) is 0 Å². The van der Waals surface area contributed by atoms with Crippen molar-refractivity contribution in [3.8, 4) is 0 Å². The molecule has 0 saturated heterocycles. The number of hydrazine groups is 1. The Morgan fingerprint density at radius 1 is 0.612 bits per heavy atom. The van der Waals surface area contributed by atoms with Crippen molar-refractivity contribution in [3.63, 3.8) is 0 Å². The zero-order valence-electron chi connectivity index (χ0n) is 30.1. The van der Waals surface area contributed by atoms with Crippen LogP contribution in [-0.4, -0.2) is 59.8 Å². The zero-order valence-corrected chi connectivity index (χ0v) is 30.1. The standard InChI is InChI=1S/C37H54N4O8/c1-36(2,3)48-34(45)40-41(35(46)49-37(4,5)6)26-25-28-19-23-30(24-20-28)39-32(43)15-12-13-27-17-21-29(22-18-27)38-31(42)14-10-8-9-11-16-33(44)47-7/h17-24H,8-16,25-26H2,1-7H3,(H,38,42)(H,39,43)(H,40,45). The SMILES string of the molecule is COC(=O)CCCCCCC(=O)Nc1ccc(CCCC(=O)Nc2ccc(CCN(NC(=O)OC(C)(C)C)C(=O)OC(C)(C)C)cc2)cc1. The predicted octanol–water partition coefficient (Wildman–Crippen LogP) is 7.32. The number of anilines is 2. The fraction of sp³-hybridized carbons (Fsp3) is 0.541. The summed E-state index contributed by atoms with van der Waals surface area (Å²) in [5.74, 6) is -0.341. The van der Waals surface area contributed by atoms with Crippen molar-refractivity contribution in [1.82, 2.24) is 10.4 Å². The molecule has 12 nitrogen and oxygen atoms in total. The summed E-state index contributed by atoms with van der Waals surface area (Å²) in [5.41, 5.74) is 4.36. The normalized spacial score (nSPS) is 11.2. The minimum Gasteiger partial charge on any atom is -0.469 e. The van der Waals surface area contributed by atoms with Gasteiger partial charge in [-0.1, -0.05) is 37.1 Å². The molecule has 2 aromatic carbocycles.